The van der Waals surface area contributed by atoms with Gasteiger partial charge in [0.1, 0.15) is 11.5 Å². The van der Waals surface area contributed by atoms with Crippen molar-refractivity contribution in [1.82, 2.24) is 19.8 Å². The highest BCUT2D eigenvalue weighted by atomic mass is 35.5. The van der Waals surface area contributed by atoms with E-state index in [0.717, 1.165) is 75.4 Å². The Balaban J connectivity index is 1.23. The van der Waals surface area contributed by atoms with Crippen molar-refractivity contribution in [1.29, 1.82) is 0 Å². The van der Waals surface area contributed by atoms with Crippen LogP contribution >= 0.6 is 11.6 Å². The van der Waals surface area contributed by atoms with Gasteiger partial charge in [-0.15, -0.1) is 0 Å². The molecule has 0 unspecified atom stereocenters. The number of rotatable bonds is 6. The zero-order valence-corrected chi connectivity index (χ0v) is 19.8. The van der Waals surface area contributed by atoms with Crippen molar-refractivity contribution in [3.05, 3.63) is 76.1 Å². The summed E-state index contributed by atoms with van der Waals surface area (Å²) in [6.45, 7) is 4.66. The molecule has 2 aliphatic rings. The summed E-state index contributed by atoms with van der Waals surface area (Å²) in [5.74, 6) is 0.825. The van der Waals surface area contributed by atoms with Crippen LogP contribution in [0.15, 0.2) is 48.5 Å². The molecule has 5 rings (SSSR count). The summed E-state index contributed by atoms with van der Waals surface area (Å²) in [4.78, 5) is 20.4. The third-order valence-electron chi connectivity index (χ3n) is 6.83. The molecule has 2 aliphatic heterocycles. The molecule has 6 heteroatoms. The highest BCUT2D eigenvalue weighted by molar-refractivity contribution is 6.30. The molecule has 0 spiro atoms. The molecule has 0 aliphatic carbocycles. The molecule has 172 valence electrons. The van der Waals surface area contributed by atoms with Crippen molar-refractivity contribution in [2.75, 3.05) is 19.6 Å². The highest BCUT2D eigenvalue weighted by Crippen LogP contribution is 2.28. The van der Waals surface area contributed by atoms with Gasteiger partial charge in [0.15, 0.2) is 0 Å². The standard InChI is InChI=1S/C27H31ClN4O/c28-23-12-10-21(11-13-23)26-30-25(24-9-2-1-5-17-32(24)26)27(33)29-15-6-16-31-18-14-20-7-3-4-8-22(20)19-31/h3-4,7-8,10-13H,1-2,5-6,9,14-19H2,(H,29,33). The van der Waals surface area contributed by atoms with Gasteiger partial charge >= 0.3 is 0 Å². The second-order valence-electron chi connectivity index (χ2n) is 9.10. The van der Waals surface area contributed by atoms with E-state index in [-0.39, 0.29) is 5.91 Å². The lowest BCUT2D eigenvalue weighted by Crippen LogP contribution is -2.34. The fraction of sp³-hybridized carbons (Fsp3) is 0.407. The van der Waals surface area contributed by atoms with E-state index < -0.39 is 0 Å². The molecular weight excluding hydrogens is 432 g/mol. The third kappa shape index (κ3) is 4.99. The van der Waals surface area contributed by atoms with Gasteiger partial charge in [-0.25, -0.2) is 4.98 Å². The Morgan fingerprint density at radius 3 is 2.64 bits per heavy atom. The van der Waals surface area contributed by atoms with E-state index in [1.165, 1.54) is 17.5 Å². The number of nitrogens with zero attached hydrogens (tertiary/aromatic N) is 3. The molecule has 0 fully saturated rings. The molecule has 0 atom stereocenters. The summed E-state index contributed by atoms with van der Waals surface area (Å²) in [5, 5.41) is 3.84. The van der Waals surface area contributed by atoms with Crippen LogP contribution in [0, 0.1) is 0 Å². The third-order valence-corrected chi connectivity index (χ3v) is 7.08. The van der Waals surface area contributed by atoms with Crippen LogP contribution in [0.3, 0.4) is 0 Å². The smallest absolute Gasteiger partial charge is 0.271 e. The van der Waals surface area contributed by atoms with Gasteiger partial charge < -0.3 is 9.88 Å². The lowest BCUT2D eigenvalue weighted by molar-refractivity contribution is 0.0945. The van der Waals surface area contributed by atoms with Crippen molar-refractivity contribution in [3.8, 4) is 11.4 Å². The Morgan fingerprint density at radius 2 is 1.79 bits per heavy atom. The number of imidazole rings is 1. The van der Waals surface area contributed by atoms with Crippen LogP contribution in [-0.2, 0) is 25.9 Å². The molecular formula is C27H31ClN4O. The van der Waals surface area contributed by atoms with E-state index in [2.05, 4.69) is 39.0 Å². The largest absolute Gasteiger partial charge is 0.351 e. The van der Waals surface area contributed by atoms with Crippen molar-refractivity contribution in [2.24, 2.45) is 0 Å². The number of benzene rings is 2. The molecule has 1 aromatic heterocycles. The first kappa shape index (κ1) is 22.2. The van der Waals surface area contributed by atoms with Crippen LogP contribution in [0.25, 0.3) is 11.4 Å². The summed E-state index contributed by atoms with van der Waals surface area (Å²) >= 11 is 6.08. The molecule has 0 bridgehead atoms. The Bertz CT molecular complexity index is 1120. The maximum atomic E-state index is 13.1. The lowest BCUT2D eigenvalue weighted by atomic mass is 10.00. The average molecular weight is 463 g/mol. The minimum Gasteiger partial charge on any atom is -0.351 e. The normalized spacial score (nSPS) is 16.0. The SMILES string of the molecule is O=C(NCCCN1CCc2ccccc2C1)c1nc(-c2ccc(Cl)cc2)n2c1CCCCC2. The van der Waals surface area contributed by atoms with Gasteiger partial charge in [-0.05, 0) is 67.5 Å². The lowest BCUT2D eigenvalue weighted by Gasteiger charge is -2.28. The van der Waals surface area contributed by atoms with Crippen LogP contribution in [0.1, 0.15) is 53.0 Å². The number of hydrogen-bond acceptors (Lipinski definition) is 3. The second kappa shape index (κ2) is 10.1. The zero-order valence-electron chi connectivity index (χ0n) is 19.0. The average Bonchev–Trinajstić information content (AvgIpc) is 3.03. The maximum Gasteiger partial charge on any atom is 0.271 e. The Hall–Kier alpha value is -2.63. The van der Waals surface area contributed by atoms with Gasteiger partial charge in [0.25, 0.3) is 5.91 Å². The number of carbonyl (C=O) groups excluding carboxylic acids is 1. The Morgan fingerprint density at radius 1 is 0.970 bits per heavy atom. The summed E-state index contributed by atoms with van der Waals surface area (Å²) < 4.78 is 2.25. The molecule has 0 saturated heterocycles. The van der Waals surface area contributed by atoms with E-state index in [1.807, 2.05) is 24.3 Å². The van der Waals surface area contributed by atoms with Gasteiger partial charge in [-0.2, -0.15) is 0 Å². The zero-order chi connectivity index (χ0) is 22.6. The highest BCUT2D eigenvalue weighted by Gasteiger charge is 2.24. The van der Waals surface area contributed by atoms with Crippen molar-refractivity contribution >= 4 is 17.5 Å². The van der Waals surface area contributed by atoms with E-state index in [9.17, 15) is 4.79 Å². The summed E-state index contributed by atoms with van der Waals surface area (Å²) in [7, 11) is 0. The number of hydrogen-bond donors (Lipinski definition) is 1. The predicted octanol–water partition coefficient (Wildman–Crippen LogP) is 5.11. The van der Waals surface area contributed by atoms with Crippen LogP contribution < -0.4 is 5.32 Å². The van der Waals surface area contributed by atoms with Gasteiger partial charge in [-0.1, -0.05) is 42.3 Å². The van der Waals surface area contributed by atoms with Gasteiger partial charge in [0.2, 0.25) is 0 Å². The first-order valence-corrected chi connectivity index (χ1v) is 12.5. The molecule has 1 N–H and O–H groups in total. The van der Waals surface area contributed by atoms with Gasteiger partial charge in [0, 0.05) is 43.3 Å². The van der Waals surface area contributed by atoms with E-state index >= 15 is 0 Å². The topological polar surface area (TPSA) is 50.2 Å². The molecule has 33 heavy (non-hydrogen) atoms. The first-order chi connectivity index (χ1) is 16.2. The molecule has 1 amide bonds. The fourth-order valence-electron chi connectivity index (χ4n) is 5.05. The number of amides is 1. The summed E-state index contributed by atoms with van der Waals surface area (Å²) in [6, 6.07) is 16.4. The first-order valence-electron chi connectivity index (χ1n) is 12.1. The number of aromatic nitrogens is 2. The minimum absolute atomic E-state index is 0.0511. The number of fused-ring (bicyclic) bond motifs is 2. The summed E-state index contributed by atoms with van der Waals surface area (Å²) in [5.41, 5.74) is 5.57. The Labute approximate surface area is 200 Å². The number of nitrogens with one attached hydrogen (secondary N) is 1. The van der Waals surface area contributed by atoms with E-state index in [1.54, 1.807) is 0 Å². The van der Waals surface area contributed by atoms with Crippen molar-refractivity contribution in [2.45, 2.75) is 51.6 Å². The number of carbonyl (C=O) groups is 1. The van der Waals surface area contributed by atoms with Crippen LogP contribution in [0.4, 0.5) is 0 Å². The van der Waals surface area contributed by atoms with Crippen LogP contribution in [-0.4, -0.2) is 40.0 Å². The second-order valence-corrected chi connectivity index (χ2v) is 9.54. The monoisotopic (exact) mass is 462 g/mol. The van der Waals surface area contributed by atoms with Crippen LogP contribution in [0.2, 0.25) is 5.02 Å². The molecule has 3 heterocycles. The minimum atomic E-state index is -0.0511. The fourth-order valence-corrected chi connectivity index (χ4v) is 5.18. The number of halogens is 1. The quantitative estimate of drug-likeness (QED) is 0.518. The van der Waals surface area contributed by atoms with Crippen molar-refractivity contribution < 1.29 is 4.79 Å². The van der Waals surface area contributed by atoms with Crippen molar-refractivity contribution in [3.63, 3.8) is 0 Å². The summed E-state index contributed by atoms with van der Waals surface area (Å²) in [6.07, 6.45) is 6.34. The molecule has 0 saturated carbocycles. The van der Waals surface area contributed by atoms with E-state index in [4.69, 9.17) is 16.6 Å². The predicted molar refractivity (Wildman–Crippen MR) is 133 cm³/mol. The maximum absolute atomic E-state index is 13.1. The van der Waals surface area contributed by atoms with Gasteiger partial charge in [0.05, 0.1) is 5.69 Å². The van der Waals surface area contributed by atoms with Crippen LogP contribution in [0.5, 0.6) is 0 Å². The molecule has 0 radical (unpaired) electrons. The van der Waals surface area contributed by atoms with E-state index in [0.29, 0.717) is 17.3 Å². The van der Waals surface area contributed by atoms with Gasteiger partial charge in [-0.3, -0.25) is 9.69 Å². The Kier molecular flexibility index (Phi) is 6.79. The molecule has 3 aromatic rings. The molecule has 5 nitrogen and oxygen atoms in total. The molecule has 2 aromatic carbocycles.